The molecule has 0 bridgehead atoms. The van der Waals surface area contributed by atoms with Gasteiger partial charge in [-0.25, -0.2) is 4.98 Å². The molecule has 21 heavy (non-hydrogen) atoms. The Morgan fingerprint density at radius 3 is 2.76 bits per heavy atom. The number of nitrogens with two attached hydrogens (primary N) is 1. The first-order chi connectivity index (χ1) is 10.1. The zero-order valence-electron chi connectivity index (χ0n) is 12.2. The fraction of sp³-hybridized carbons (Fsp3) is 0.333. The predicted molar refractivity (Wildman–Crippen MR) is 89.0 cm³/mol. The number of aromatic nitrogens is 2. The minimum Gasteiger partial charge on any atom is -0.336 e. The first-order valence-corrected chi connectivity index (χ1v) is 8.72. The molecule has 0 aliphatic rings. The summed E-state index contributed by atoms with van der Waals surface area (Å²) >= 11 is 3.18. The molecule has 0 unspecified atom stereocenters. The van der Waals surface area contributed by atoms with E-state index in [0.717, 1.165) is 21.1 Å². The lowest BCUT2D eigenvalue weighted by atomic mass is 10.2. The molecule has 110 valence electrons. The van der Waals surface area contributed by atoms with Crippen molar-refractivity contribution < 1.29 is 5.32 Å². The Labute approximate surface area is 130 Å². The van der Waals surface area contributed by atoms with Crippen LogP contribution in [0.25, 0.3) is 20.7 Å². The molecule has 4 nitrogen and oxygen atoms in total. The van der Waals surface area contributed by atoms with Crippen LogP contribution in [-0.4, -0.2) is 16.0 Å². The summed E-state index contributed by atoms with van der Waals surface area (Å²) in [6.07, 6.45) is 0. The first kappa shape index (κ1) is 14.4. The topological polar surface area (TPSA) is 62.4 Å². The Hall–Kier alpha value is -1.50. The minimum absolute atomic E-state index is 0.0383. The molecule has 3 aromatic heterocycles. The summed E-state index contributed by atoms with van der Waals surface area (Å²) in [4.78, 5) is 22.0. The highest BCUT2D eigenvalue weighted by Gasteiger charge is 2.18. The van der Waals surface area contributed by atoms with Gasteiger partial charge >= 0.3 is 0 Å². The van der Waals surface area contributed by atoms with Crippen LogP contribution in [0.2, 0.25) is 0 Å². The van der Waals surface area contributed by atoms with Crippen LogP contribution in [0.5, 0.6) is 0 Å². The van der Waals surface area contributed by atoms with E-state index in [1.165, 1.54) is 11.3 Å². The highest BCUT2D eigenvalue weighted by atomic mass is 32.1. The molecule has 3 aromatic rings. The lowest BCUT2D eigenvalue weighted by Gasteiger charge is -2.12. The number of nitrogens with zero attached hydrogens (tertiary/aromatic N) is 1. The average Bonchev–Trinajstić information content (AvgIpc) is 3.05. The van der Waals surface area contributed by atoms with Crippen molar-refractivity contribution in [2.45, 2.75) is 32.9 Å². The van der Waals surface area contributed by atoms with Crippen molar-refractivity contribution in [3.8, 4) is 10.4 Å². The number of hydrogen-bond donors (Lipinski definition) is 2. The number of rotatable bonds is 4. The monoisotopic (exact) mass is 320 g/mol. The van der Waals surface area contributed by atoms with Crippen molar-refractivity contribution >= 4 is 32.9 Å². The minimum atomic E-state index is -0.0383. The number of quaternary nitrogens is 1. The summed E-state index contributed by atoms with van der Waals surface area (Å²) in [7, 11) is 0. The van der Waals surface area contributed by atoms with Gasteiger partial charge in [0.25, 0.3) is 5.56 Å². The molecular formula is C15H18N3OS2+. The first-order valence-electron chi connectivity index (χ1n) is 6.96. The molecule has 1 atom stereocenters. The second kappa shape index (κ2) is 5.71. The van der Waals surface area contributed by atoms with Crippen molar-refractivity contribution in [2.75, 3.05) is 0 Å². The van der Waals surface area contributed by atoms with Gasteiger partial charge in [-0.05, 0) is 32.2 Å². The lowest BCUT2D eigenvalue weighted by Crippen LogP contribution is -2.89. The Balaban J connectivity index is 2.09. The van der Waals surface area contributed by atoms with E-state index < -0.39 is 0 Å². The van der Waals surface area contributed by atoms with Gasteiger partial charge in [0.1, 0.15) is 10.9 Å². The van der Waals surface area contributed by atoms with Crippen molar-refractivity contribution in [1.82, 2.24) is 9.97 Å². The van der Waals surface area contributed by atoms with E-state index in [-0.39, 0.29) is 11.6 Å². The molecule has 3 N–H and O–H groups in total. The number of fused-ring (bicyclic) bond motifs is 1. The van der Waals surface area contributed by atoms with E-state index in [9.17, 15) is 4.79 Å². The molecule has 0 aliphatic heterocycles. The third kappa shape index (κ3) is 2.79. The van der Waals surface area contributed by atoms with Crippen molar-refractivity contribution in [2.24, 2.45) is 0 Å². The van der Waals surface area contributed by atoms with Gasteiger partial charge in [0, 0.05) is 15.8 Å². The lowest BCUT2D eigenvalue weighted by molar-refractivity contribution is -0.720. The van der Waals surface area contributed by atoms with Crippen LogP contribution in [-0.2, 0) is 0 Å². The van der Waals surface area contributed by atoms with E-state index >= 15 is 0 Å². The SMILES string of the molecule is CC(C)[NH2+][C@H](C)c1nc2scc(-c3cccs3)c2c(=O)[nH]1. The summed E-state index contributed by atoms with van der Waals surface area (Å²) < 4.78 is 0. The van der Waals surface area contributed by atoms with E-state index in [1.54, 1.807) is 11.3 Å². The van der Waals surface area contributed by atoms with Crippen molar-refractivity contribution in [3.05, 3.63) is 39.1 Å². The molecule has 3 heterocycles. The molecule has 0 amide bonds. The highest BCUT2D eigenvalue weighted by molar-refractivity contribution is 7.18. The van der Waals surface area contributed by atoms with E-state index in [0.29, 0.717) is 11.4 Å². The zero-order valence-corrected chi connectivity index (χ0v) is 13.8. The van der Waals surface area contributed by atoms with Gasteiger partial charge in [-0.1, -0.05) is 6.07 Å². The molecule has 0 radical (unpaired) electrons. The Morgan fingerprint density at radius 1 is 1.29 bits per heavy atom. The number of aromatic amines is 1. The molecule has 0 saturated carbocycles. The molecule has 0 spiro atoms. The summed E-state index contributed by atoms with van der Waals surface area (Å²) in [5.41, 5.74) is 0.953. The third-order valence-electron chi connectivity index (χ3n) is 3.35. The van der Waals surface area contributed by atoms with Crippen LogP contribution >= 0.6 is 22.7 Å². The summed E-state index contributed by atoms with van der Waals surface area (Å²) in [5.74, 6) is 0.751. The normalized spacial score (nSPS) is 13.1. The molecule has 0 aliphatic carbocycles. The standard InChI is InChI=1S/C15H17N3OS2/c1-8(2)16-9(3)13-17-14(19)12-10(7-21-15(12)18-13)11-5-4-6-20-11/h4-9,16H,1-3H3,(H,17,18,19)/p+1/t9-/m1/s1. The van der Waals surface area contributed by atoms with E-state index in [4.69, 9.17) is 0 Å². The molecule has 0 saturated heterocycles. The Bertz CT molecular complexity index is 802. The average molecular weight is 320 g/mol. The van der Waals surface area contributed by atoms with Crippen LogP contribution in [0, 0.1) is 0 Å². The Morgan fingerprint density at radius 2 is 2.10 bits per heavy atom. The van der Waals surface area contributed by atoms with E-state index in [1.807, 2.05) is 22.9 Å². The second-order valence-electron chi connectivity index (χ2n) is 5.48. The van der Waals surface area contributed by atoms with Gasteiger partial charge in [0.15, 0.2) is 5.82 Å². The van der Waals surface area contributed by atoms with Crippen LogP contribution in [0.1, 0.15) is 32.6 Å². The second-order valence-corrected chi connectivity index (χ2v) is 7.29. The van der Waals surface area contributed by atoms with Crippen molar-refractivity contribution in [3.63, 3.8) is 0 Å². The third-order valence-corrected chi connectivity index (χ3v) is 5.13. The van der Waals surface area contributed by atoms with Crippen LogP contribution in [0.3, 0.4) is 0 Å². The summed E-state index contributed by atoms with van der Waals surface area (Å²) in [5, 5.41) is 6.95. The van der Waals surface area contributed by atoms with E-state index in [2.05, 4.69) is 36.1 Å². The number of hydrogen-bond acceptors (Lipinski definition) is 4. The molecule has 0 aromatic carbocycles. The fourth-order valence-electron chi connectivity index (χ4n) is 2.46. The Kier molecular flexibility index (Phi) is 3.93. The maximum Gasteiger partial charge on any atom is 0.260 e. The molecule has 0 fully saturated rings. The number of nitrogens with one attached hydrogen (secondary N) is 1. The zero-order chi connectivity index (χ0) is 15.0. The number of thiophene rings is 2. The van der Waals surface area contributed by atoms with Gasteiger partial charge < -0.3 is 10.3 Å². The van der Waals surface area contributed by atoms with Gasteiger partial charge in [0.2, 0.25) is 0 Å². The summed E-state index contributed by atoms with van der Waals surface area (Å²) in [6, 6.07) is 4.65. The predicted octanol–water partition coefficient (Wildman–Crippen LogP) is 2.75. The quantitative estimate of drug-likeness (QED) is 0.776. The van der Waals surface area contributed by atoms with Crippen LogP contribution in [0.4, 0.5) is 0 Å². The molecular weight excluding hydrogens is 302 g/mol. The highest BCUT2D eigenvalue weighted by Crippen LogP contribution is 2.33. The number of H-pyrrole nitrogens is 1. The van der Waals surface area contributed by atoms with Crippen LogP contribution in [0.15, 0.2) is 27.7 Å². The van der Waals surface area contributed by atoms with Gasteiger partial charge in [-0.2, -0.15) is 0 Å². The molecule has 3 rings (SSSR count). The maximum atomic E-state index is 12.5. The van der Waals surface area contributed by atoms with Gasteiger partial charge in [-0.3, -0.25) is 4.79 Å². The van der Waals surface area contributed by atoms with Crippen LogP contribution < -0.4 is 10.9 Å². The van der Waals surface area contributed by atoms with Gasteiger partial charge in [-0.15, -0.1) is 22.7 Å². The summed E-state index contributed by atoms with van der Waals surface area (Å²) in [6.45, 7) is 6.33. The fourth-order valence-corrected chi connectivity index (χ4v) is 4.23. The largest absolute Gasteiger partial charge is 0.336 e. The van der Waals surface area contributed by atoms with Crippen molar-refractivity contribution in [1.29, 1.82) is 0 Å². The molecule has 6 heteroatoms. The van der Waals surface area contributed by atoms with Gasteiger partial charge in [0.05, 0.1) is 11.4 Å². The maximum absolute atomic E-state index is 12.5. The smallest absolute Gasteiger partial charge is 0.260 e.